The minimum atomic E-state index is -3.96. The summed E-state index contributed by atoms with van der Waals surface area (Å²) in [6.07, 6.45) is -4.92. The van der Waals surface area contributed by atoms with Gasteiger partial charge < -0.3 is 10.1 Å². The van der Waals surface area contributed by atoms with Crippen LogP contribution in [0, 0.1) is 24.1 Å². The molecule has 0 saturated heterocycles. The Kier molecular flexibility index (Phi) is 6.96. The summed E-state index contributed by atoms with van der Waals surface area (Å²) in [5.74, 6) is -1.03. The molecule has 2 aromatic heterocycles. The third-order valence-corrected chi connectivity index (χ3v) is 4.55. The first-order valence-corrected chi connectivity index (χ1v) is 9.76. The van der Waals surface area contributed by atoms with Crippen molar-refractivity contribution in [3.8, 4) is 11.8 Å². The van der Waals surface area contributed by atoms with Gasteiger partial charge in [-0.2, -0.15) is 19.1 Å². The van der Waals surface area contributed by atoms with Crippen molar-refractivity contribution in [2.75, 3.05) is 5.32 Å². The van der Waals surface area contributed by atoms with E-state index in [4.69, 9.17) is 5.26 Å². The molecule has 1 aromatic carbocycles. The zero-order valence-electron chi connectivity index (χ0n) is 17.7. The van der Waals surface area contributed by atoms with Gasteiger partial charge in [-0.25, -0.2) is 13.8 Å². The van der Waals surface area contributed by atoms with E-state index in [-0.39, 0.29) is 30.2 Å². The molecular formula is C22H19F4N5O2. The number of carbonyl (C=O) groups excluding carboxylic acids is 1. The van der Waals surface area contributed by atoms with E-state index in [1.807, 2.05) is 0 Å². The fourth-order valence-corrected chi connectivity index (χ4v) is 2.87. The van der Waals surface area contributed by atoms with Crippen LogP contribution >= 0.6 is 0 Å². The van der Waals surface area contributed by atoms with Crippen LogP contribution in [0.1, 0.15) is 29.4 Å². The first-order chi connectivity index (χ1) is 15.6. The number of hydrogen-bond acceptors (Lipinski definition) is 5. The number of benzene rings is 1. The molecule has 0 fully saturated rings. The Morgan fingerprint density at radius 2 is 2.06 bits per heavy atom. The molecule has 0 aliphatic heterocycles. The highest BCUT2D eigenvalue weighted by molar-refractivity contribution is 5.91. The third-order valence-electron chi connectivity index (χ3n) is 4.55. The Hall–Kier alpha value is -3.94. The molecule has 33 heavy (non-hydrogen) atoms. The Balaban J connectivity index is 1.60. The number of amides is 1. The van der Waals surface area contributed by atoms with Crippen LogP contribution in [0.2, 0.25) is 0 Å². The number of carbonyl (C=O) groups is 1. The number of ether oxygens (including phenoxy) is 1. The molecule has 11 heteroatoms. The van der Waals surface area contributed by atoms with Crippen LogP contribution in [-0.2, 0) is 17.8 Å². The lowest BCUT2D eigenvalue weighted by atomic mass is 10.1. The summed E-state index contributed by atoms with van der Waals surface area (Å²) < 4.78 is 59.2. The SMILES string of the molecule is Cc1cc(CC(=O)Nc2ccn(Cc3ccc(F)c(C#N)n3)n2)ccc1OC(F)(F)C(C)F. The number of rotatable bonds is 8. The molecular weight excluding hydrogens is 442 g/mol. The zero-order chi connectivity index (χ0) is 24.2. The Bertz CT molecular complexity index is 1200. The van der Waals surface area contributed by atoms with Crippen LogP contribution in [0.4, 0.5) is 23.4 Å². The van der Waals surface area contributed by atoms with Gasteiger partial charge >= 0.3 is 6.11 Å². The summed E-state index contributed by atoms with van der Waals surface area (Å²) in [6, 6.07) is 9.98. The zero-order valence-corrected chi connectivity index (χ0v) is 17.7. The van der Waals surface area contributed by atoms with Crippen LogP contribution in [0.5, 0.6) is 5.75 Å². The van der Waals surface area contributed by atoms with Crippen LogP contribution in [0.3, 0.4) is 0 Å². The topological polar surface area (TPSA) is 92.8 Å². The van der Waals surface area contributed by atoms with Gasteiger partial charge in [0.2, 0.25) is 12.1 Å². The maximum absolute atomic E-state index is 13.5. The second-order valence-corrected chi connectivity index (χ2v) is 7.25. The summed E-state index contributed by atoms with van der Waals surface area (Å²) in [7, 11) is 0. The van der Waals surface area contributed by atoms with Gasteiger partial charge in [0.05, 0.1) is 18.7 Å². The minimum Gasteiger partial charge on any atom is -0.430 e. The standard InChI is InChI=1S/C22H19F4N5O2/c1-13-9-15(3-6-19(13)33-22(25,26)14(2)23)10-21(32)29-20-7-8-31(30-20)12-16-4-5-17(24)18(11-27)28-16/h3-9,14H,10,12H2,1-2H3,(H,29,30,32). The van der Waals surface area contributed by atoms with Gasteiger partial charge in [-0.3, -0.25) is 9.48 Å². The van der Waals surface area contributed by atoms with E-state index in [1.165, 1.54) is 35.9 Å². The predicted octanol–water partition coefficient (Wildman–Crippen LogP) is 4.16. The largest absolute Gasteiger partial charge is 0.430 e. The minimum absolute atomic E-state index is 0.0606. The number of nitrogens with zero attached hydrogens (tertiary/aromatic N) is 4. The summed E-state index contributed by atoms with van der Waals surface area (Å²) >= 11 is 0. The lowest BCUT2D eigenvalue weighted by molar-refractivity contribution is -0.215. The smallest absolute Gasteiger partial charge is 0.429 e. The number of hydrogen-bond donors (Lipinski definition) is 1. The summed E-state index contributed by atoms with van der Waals surface area (Å²) in [5.41, 5.74) is 0.962. The van der Waals surface area contributed by atoms with Gasteiger partial charge in [-0.15, -0.1) is 0 Å². The molecule has 0 radical (unpaired) electrons. The molecule has 1 atom stereocenters. The van der Waals surface area contributed by atoms with Gasteiger partial charge in [-0.05, 0) is 43.2 Å². The fourth-order valence-electron chi connectivity index (χ4n) is 2.87. The average molecular weight is 461 g/mol. The first kappa shape index (κ1) is 23.7. The van der Waals surface area contributed by atoms with Crippen LogP contribution in [-0.4, -0.2) is 33.0 Å². The maximum Gasteiger partial charge on any atom is 0.429 e. The number of aromatic nitrogens is 3. The second-order valence-electron chi connectivity index (χ2n) is 7.25. The molecule has 0 spiro atoms. The molecule has 1 amide bonds. The second kappa shape index (κ2) is 9.68. The van der Waals surface area contributed by atoms with Crippen molar-refractivity contribution in [1.29, 1.82) is 5.26 Å². The molecule has 3 aromatic rings. The van der Waals surface area contributed by atoms with Crippen molar-refractivity contribution < 1.29 is 27.1 Å². The molecule has 1 N–H and O–H groups in total. The number of pyridine rings is 1. The summed E-state index contributed by atoms with van der Waals surface area (Å²) in [6.45, 7) is 2.38. The Morgan fingerprint density at radius 1 is 1.30 bits per heavy atom. The van der Waals surface area contributed by atoms with E-state index in [0.29, 0.717) is 23.7 Å². The van der Waals surface area contributed by atoms with Crippen molar-refractivity contribution in [2.24, 2.45) is 0 Å². The quantitative estimate of drug-likeness (QED) is 0.509. The lowest BCUT2D eigenvalue weighted by Gasteiger charge is -2.20. The van der Waals surface area contributed by atoms with Crippen molar-refractivity contribution in [1.82, 2.24) is 14.8 Å². The molecule has 0 bridgehead atoms. The maximum atomic E-state index is 13.5. The van der Waals surface area contributed by atoms with Crippen LogP contribution in [0.25, 0.3) is 0 Å². The molecule has 3 rings (SSSR count). The number of anilines is 1. The number of alkyl halides is 3. The number of aryl methyl sites for hydroxylation is 1. The van der Waals surface area contributed by atoms with E-state index in [1.54, 1.807) is 18.3 Å². The Morgan fingerprint density at radius 3 is 2.73 bits per heavy atom. The summed E-state index contributed by atoms with van der Waals surface area (Å²) in [5, 5.41) is 15.7. The van der Waals surface area contributed by atoms with E-state index in [0.717, 1.165) is 6.07 Å². The van der Waals surface area contributed by atoms with Crippen molar-refractivity contribution >= 4 is 11.7 Å². The highest BCUT2D eigenvalue weighted by Gasteiger charge is 2.40. The Labute approximate surface area is 186 Å². The van der Waals surface area contributed by atoms with Gasteiger partial charge in [0, 0.05) is 12.3 Å². The molecule has 0 aliphatic carbocycles. The average Bonchev–Trinajstić information content (AvgIpc) is 3.17. The first-order valence-electron chi connectivity index (χ1n) is 9.76. The van der Waals surface area contributed by atoms with Crippen LogP contribution in [0.15, 0.2) is 42.6 Å². The molecule has 0 saturated carbocycles. The van der Waals surface area contributed by atoms with Crippen molar-refractivity contribution in [3.05, 3.63) is 70.9 Å². The summed E-state index contributed by atoms with van der Waals surface area (Å²) in [4.78, 5) is 16.2. The predicted molar refractivity (Wildman–Crippen MR) is 110 cm³/mol. The molecule has 2 heterocycles. The number of halogens is 4. The van der Waals surface area contributed by atoms with E-state index in [2.05, 4.69) is 20.1 Å². The van der Waals surface area contributed by atoms with Crippen molar-refractivity contribution in [2.45, 2.75) is 39.1 Å². The van der Waals surface area contributed by atoms with Gasteiger partial charge in [0.25, 0.3) is 0 Å². The van der Waals surface area contributed by atoms with E-state index in [9.17, 15) is 22.4 Å². The molecule has 0 aliphatic rings. The van der Waals surface area contributed by atoms with Gasteiger partial charge in [0.15, 0.2) is 17.3 Å². The highest BCUT2D eigenvalue weighted by Crippen LogP contribution is 2.29. The number of nitrogens with one attached hydrogen (secondary N) is 1. The molecule has 172 valence electrons. The lowest BCUT2D eigenvalue weighted by Crippen LogP contribution is -2.34. The normalized spacial score (nSPS) is 12.2. The highest BCUT2D eigenvalue weighted by atomic mass is 19.3. The number of nitriles is 1. The molecule has 7 nitrogen and oxygen atoms in total. The van der Waals surface area contributed by atoms with E-state index >= 15 is 0 Å². The molecule has 1 unspecified atom stereocenters. The third kappa shape index (κ3) is 6.06. The van der Waals surface area contributed by atoms with Gasteiger partial charge in [0.1, 0.15) is 11.8 Å². The van der Waals surface area contributed by atoms with E-state index < -0.39 is 24.0 Å². The monoisotopic (exact) mass is 461 g/mol. The van der Waals surface area contributed by atoms with Crippen molar-refractivity contribution in [3.63, 3.8) is 0 Å². The van der Waals surface area contributed by atoms with Crippen LogP contribution < -0.4 is 10.1 Å². The fraction of sp³-hybridized carbons (Fsp3) is 0.273. The van der Waals surface area contributed by atoms with Gasteiger partial charge in [-0.1, -0.05) is 12.1 Å².